The summed E-state index contributed by atoms with van der Waals surface area (Å²) in [5, 5.41) is 2.51. The molecule has 4 rings (SSSR count). The normalized spacial score (nSPS) is 11.2. The van der Waals surface area contributed by atoms with E-state index in [9.17, 15) is 0 Å². The minimum Gasteiger partial charge on any atom is -0.353 e. The first-order chi connectivity index (χ1) is 12.3. The smallest absolute Gasteiger partial charge is 0.0651 e. The zero-order valence-electron chi connectivity index (χ0n) is 14.4. The fourth-order valence-corrected chi connectivity index (χ4v) is 2.68. The first-order valence-electron chi connectivity index (χ1n) is 8.41. The number of para-hydroxylation sites is 1. The number of benzene rings is 2. The highest BCUT2D eigenvalue weighted by molar-refractivity contribution is 6.06. The van der Waals surface area contributed by atoms with Gasteiger partial charge < -0.3 is 4.98 Å². The maximum atomic E-state index is 4.08. The van der Waals surface area contributed by atoms with Gasteiger partial charge in [-0.15, -0.1) is 0 Å². The summed E-state index contributed by atoms with van der Waals surface area (Å²) >= 11 is 0. The van der Waals surface area contributed by atoms with Gasteiger partial charge in [-0.2, -0.15) is 0 Å². The molecule has 25 heavy (non-hydrogen) atoms. The fourth-order valence-electron chi connectivity index (χ4n) is 2.68. The summed E-state index contributed by atoms with van der Waals surface area (Å²) < 4.78 is 0. The van der Waals surface area contributed by atoms with Crippen molar-refractivity contribution in [3.8, 4) is 0 Å². The van der Waals surface area contributed by atoms with E-state index < -0.39 is 0 Å². The number of pyridine rings is 1. The second-order valence-corrected chi connectivity index (χ2v) is 5.93. The Hall–Kier alpha value is -3.13. The van der Waals surface area contributed by atoms with Gasteiger partial charge in [-0.1, -0.05) is 72.8 Å². The number of hydrogen-bond acceptors (Lipinski definition) is 1. The zero-order chi connectivity index (χ0) is 17.5. The van der Waals surface area contributed by atoms with Gasteiger partial charge in [0.15, 0.2) is 0 Å². The summed E-state index contributed by atoms with van der Waals surface area (Å²) in [6, 6.07) is 20.7. The van der Waals surface area contributed by atoms with Crippen molar-refractivity contribution in [2.45, 2.75) is 13.3 Å². The molecule has 2 heterocycles. The van der Waals surface area contributed by atoms with Gasteiger partial charge in [0, 0.05) is 22.5 Å². The number of aromatic nitrogens is 2. The third-order valence-corrected chi connectivity index (χ3v) is 4.13. The lowest BCUT2D eigenvalue weighted by Gasteiger charge is -1.95. The number of H-pyrrole nitrogens is 1. The van der Waals surface area contributed by atoms with Crippen LogP contribution in [0, 0.1) is 0 Å². The van der Waals surface area contributed by atoms with Crippen LogP contribution in [0.1, 0.15) is 12.5 Å². The molecule has 2 nitrogen and oxygen atoms in total. The van der Waals surface area contributed by atoms with E-state index in [4.69, 9.17) is 0 Å². The third-order valence-electron chi connectivity index (χ3n) is 4.13. The highest BCUT2D eigenvalue weighted by atomic mass is 14.7. The number of allylic oxidation sites excluding steroid dienone is 3. The molecular formula is C23H22N2. The van der Waals surface area contributed by atoms with Gasteiger partial charge in [0.25, 0.3) is 0 Å². The van der Waals surface area contributed by atoms with Gasteiger partial charge in [0.05, 0.1) is 11.7 Å². The number of nitrogens with zero attached hydrogens (tertiary/aromatic N) is 1. The number of rotatable bonds is 3. The van der Waals surface area contributed by atoms with Crippen molar-refractivity contribution in [2.75, 3.05) is 0 Å². The Morgan fingerprint density at radius 1 is 0.960 bits per heavy atom. The van der Waals surface area contributed by atoms with Gasteiger partial charge in [-0.3, -0.25) is 4.98 Å². The van der Waals surface area contributed by atoms with Crippen molar-refractivity contribution in [1.29, 1.82) is 0 Å². The first-order valence-corrected chi connectivity index (χ1v) is 8.41. The molecule has 0 saturated carbocycles. The molecule has 1 N–H and O–H groups in total. The lowest BCUT2D eigenvalue weighted by Crippen LogP contribution is -1.79. The quantitative estimate of drug-likeness (QED) is 0.454. The van der Waals surface area contributed by atoms with Gasteiger partial charge in [-0.25, -0.2) is 0 Å². The predicted molar refractivity (Wildman–Crippen MR) is 108 cm³/mol. The largest absolute Gasteiger partial charge is 0.353 e. The van der Waals surface area contributed by atoms with E-state index in [0.717, 1.165) is 11.9 Å². The van der Waals surface area contributed by atoms with Crippen LogP contribution in [-0.2, 0) is 6.42 Å². The van der Waals surface area contributed by atoms with Crippen molar-refractivity contribution in [1.82, 2.24) is 9.97 Å². The van der Waals surface area contributed by atoms with Crippen molar-refractivity contribution >= 4 is 21.8 Å². The predicted octanol–water partition coefficient (Wildman–Crippen LogP) is 6.08. The molecular weight excluding hydrogens is 304 g/mol. The van der Waals surface area contributed by atoms with Gasteiger partial charge in [0.1, 0.15) is 0 Å². The average Bonchev–Trinajstić information content (AvgIpc) is 3.06. The molecule has 0 radical (unpaired) electrons. The van der Waals surface area contributed by atoms with Crippen molar-refractivity contribution in [2.24, 2.45) is 0 Å². The van der Waals surface area contributed by atoms with Crippen LogP contribution in [0.5, 0.6) is 0 Å². The molecule has 4 aromatic rings. The lowest BCUT2D eigenvalue weighted by atomic mass is 10.1. The van der Waals surface area contributed by atoms with Crippen LogP contribution in [-0.4, -0.2) is 9.97 Å². The zero-order valence-corrected chi connectivity index (χ0v) is 14.4. The lowest BCUT2D eigenvalue weighted by molar-refractivity contribution is 1.24. The molecule has 0 aliphatic heterocycles. The Morgan fingerprint density at radius 3 is 2.48 bits per heavy atom. The molecule has 0 spiro atoms. The van der Waals surface area contributed by atoms with Crippen LogP contribution in [0.3, 0.4) is 0 Å². The molecule has 0 saturated heterocycles. The maximum Gasteiger partial charge on any atom is 0.0651 e. The van der Waals surface area contributed by atoms with E-state index in [1.165, 1.54) is 27.4 Å². The Morgan fingerprint density at radius 2 is 1.68 bits per heavy atom. The Labute approximate surface area is 148 Å². The molecule has 0 aliphatic carbocycles. The molecule has 2 aromatic carbocycles. The van der Waals surface area contributed by atoms with Crippen LogP contribution in [0.4, 0.5) is 0 Å². The summed E-state index contributed by atoms with van der Waals surface area (Å²) in [6.45, 7) is 5.77. The minimum absolute atomic E-state index is 0.999. The molecule has 0 aliphatic rings. The highest BCUT2D eigenvalue weighted by Crippen LogP contribution is 2.23. The van der Waals surface area contributed by atoms with Crippen molar-refractivity contribution in [3.63, 3.8) is 0 Å². The summed E-state index contributed by atoms with van der Waals surface area (Å²) in [5.41, 5.74) is 4.85. The first kappa shape index (κ1) is 16.7. The standard InChI is InChI=1S/C12H14.C11H8N2/c1-3-11(2)9-10-12-7-5-4-6-8-12;1-2-4-10-8(3-1)9-5-6-12-7-11(9)13-10/h3-9H,1,10H2,2H3;1-7,13H/b11-9-;. The second kappa shape index (κ2) is 8.11. The maximum absolute atomic E-state index is 4.08. The fraction of sp³-hybridized carbons (Fsp3) is 0.0870. The average molecular weight is 326 g/mol. The van der Waals surface area contributed by atoms with E-state index >= 15 is 0 Å². The number of hydrogen-bond donors (Lipinski definition) is 1. The van der Waals surface area contributed by atoms with Crippen LogP contribution in [0.2, 0.25) is 0 Å². The number of nitrogens with one attached hydrogen (secondary N) is 1. The molecule has 124 valence electrons. The van der Waals surface area contributed by atoms with Crippen molar-refractivity contribution < 1.29 is 0 Å². The number of aromatic amines is 1. The summed E-state index contributed by atoms with van der Waals surface area (Å²) in [5.74, 6) is 0. The molecule has 2 heteroatoms. The van der Waals surface area contributed by atoms with E-state index in [-0.39, 0.29) is 0 Å². The van der Waals surface area contributed by atoms with Gasteiger partial charge in [-0.05, 0) is 31.0 Å². The van der Waals surface area contributed by atoms with E-state index in [1.54, 1.807) is 0 Å². The molecule has 0 unspecified atom stereocenters. The van der Waals surface area contributed by atoms with Gasteiger partial charge >= 0.3 is 0 Å². The SMILES string of the molecule is C=C/C(C)=C\Cc1ccccc1.c1ccc2c(c1)[nH]c1cnccc12. The van der Waals surface area contributed by atoms with Crippen LogP contribution in [0.25, 0.3) is 21.8 Å². The minimum atomic E-state index is 0.999. The molecule has 2 aromatic heterocycles. The second-order valence-electron chi connectivity index (χ2n) is 5.93. The Balaban J connectivity index is 0.000000147. The van der Waals surface area contributed by atoms with Crippen LogP contribution >= 0.6 is 0 Å². The molecule has 0 atom stereocenters. The topological polar surface area (TPSA) is 28.7 Å². The van der Waals surface area contributed by atoms with E-state index in [1.807, 2.05) is 36.7 Å². The molecule has 0 fully saturated rings. The van der Waals surface area contributed by atoms with E-state index in [2.05, 4.69) is 72.0 Å². The van der Waals surface area contributed by atoms with Gasteiger partial charge in [0.2, 0.25) is 0 Å². The van der Waals surface area contributed by atoms with Crippen LogP contribution in [0.15, 0.2) is 97.4 Å². The Kier molecular flexibility index (Phi) is 5.43. The number of fused-ring (bicyclic) bond motifs is 3. The van der Waals surface area contributed by atoms with Crippen LogP contribution < -0.4 is 0 Å². The Bertz CT molecular complexity index is 944. The van der Waals surface area contributed by atoms with E-state index in [0.29, 0.717) is 0 Å². The molecule has 0 bridgehead atoms. The molecule has 0 amide bonds. The summed E-state index contributed by atoms with van der Waals surface area (Å²) in [4.78, 5) is 7.39. The summed E-state index contributed by atoms with van der Waals surface area (Å²) in [6.07, 6.45) is 8.74. The summed E-state index contributed by atoms with van der Waals surface area (Å²) in [7, 11) is 0. The third kappa shape index (κ3) is 4.24. The monoisotopic (exact) mass is 326 g/mol. The van der Waals surface area contributed by atoms with Crippen molar-refractivity contribution in [3.05, 3.63) is 103 Å². The highest BCUT2D eigenvalue weighted by Gasteiger charge is 2.00.